The highest BCUT2D eigenvalue weighted by atomic mass is 16.4. The first kappa shape index (κ1) is 27.1. The summed E-state index contributed by atoms with van der Waals surface area (Å²) in [4.78, 5) is 39.4. The van der Waals surface area contributed by atoms with Crippen molar-refractivity contribution in [3.63, 3.8) is 0 Å². The second-order valence-electron chi connectivity index (χ2n) is 10.2. The van der Waals surface area contributed by atoms with Gasteiger partial charge in [-0.25, -0.2) is 9.59 Å². The topological polar surface area (TPSA) is 119 Å². The van der Waals surface area contributed by atoms with Crippen LogP contribution in [0.25, 0.3) is 0 Å². The molecule has 0 spiro atoms. The number of likely N-dealkylation sites (tertiary alicyclic amines) is 1. The summed E-state index contributed by atoms with van der Waals surface area (Å²) in [6.45, 7) is 7.18. The van der Waals surface area contributed by atoms with Crippen LogP contribution in [0, 0.1) is 0 Å². The Morgan fingerprint density at radius 1 is 0.921 bits per heavy atom. The minimum atomic E-state index is -1.19. The van der Waals surface area contributed by atoms with Gasteiger partial charge in [0.2, 0.25) is 5.91 Å². The van der Waals surface area contributed by atoms with Gasteiger partial charge >= 0.3 is 11.9 Å². The molecule has 2 aromatic rings. The summed E-state index contributed by atoms with van der Waals surface area (Å²) < 4.78 is 0. The SMILES string of the molecule is CC1=C(C(=O)O)C(c2cccc(NC(=O)CC(C)N3CCC(c4ccccc4)CC3)c2)C(C(=O)O)=C(C)N1. The monoisotopic (exact) mass is 517 g/mol. The van der Waals surface area contributed by atoms with Crippen LogP contribution >= 0.6 is 0 Å². The molecule has 0 aliphatic carbocycles. The van der Waals surface area contributed by atoms with Crippen LogP contribution in [0.2, 0.25) is 0 Å². The van der Waals surface area contributed by atoms with Gasteiger partial charge in [0, 0.05) is 29.5 Å². The second kappa shape index (κ2) is 11.6. The van der Waals surface area contributed by atoms with Gasteiger partial charge in [0.1, 0.15) is 0 Å². The smallest absolute Gasteiger partial charge is 0.334 e. The van der Waals surface area contributed by atoms with E-state index in [0.717, 1.165) is 25.9 Å². The van der Waals surface area contributed by atoms with Crippen LogP contribution in [0.15, 0.2) is 77.1 Å². The predicted molar refractivity (Wildman–Crippen MR) is 146 cm³/mol. The molecule has 8 heteroatoms. The lowest BCUT2D eigenvalue weighted by Crippen LogP contribution is -2.41. The number of nitrogens with one attached hydrogen (secondary N) is 2. The Morgan fingerprint density at radius 3 is 2.08 bits per heavy atom. The third-order valence-electron chi connectivity index (χ3n) is 7.63. The van der Waals surface area contributed by atoms with Gasteiger partial charge in [0.25, 0.3) is 0 Å². The maximum absolute atomic E-state index is 12.9. The van der Waals surface area contributed by atoms with E-state index in [1.165, 1.54) is 5.56 Å². The number of piperidine rings is 1. The Labute approximate surface area is 223 Å². The Bertz CT molecular complexity index is 1240. The van der Waals surface area contributed by atoms with E-state index in [1.54, 1.807) is 38.1 Å². The molecule has 0 radical (unpaired) electrons. The van der Waals surface area contributed by atoms with Crippen LogP contribution in [-0.2, 0) is 14.4 Å². The number of amides is 1. The number of carbonyl (C=O) groups is 3. The minimum absolute atomic E-state index is 0.0241. The van der Waals surface area contributed by atoms with Crippen molar-refractivity contribution in [1.82, 2.24) is 10.2 Å². The summed E-state index contributed by atoms with van der Waals surface area (Å²) in [6.07, 6.45) is 2.45. The molecule has 2 aromatic carbocycles. The molecule has 38 heavy (non-hydrogen) atoms. The third-order valence-corrected chi connectivity index (χ3v) is 7.63. The number of carboxylic acid groups (broad SMARTS) is 2. The molecule has 0 saturated carbocycles. The van der Waals surface area contributed by atoms with E-state index in [2.05, 4.69) is 46.7 Å². The number of carboxylic acids is 2. The average Bonchev–Trinajstić information content (AvgIpc) is 2.88. The summed E-state index contributed by atoms with van der Waals surface area (Å²) in [5, 5.41) is 25.5. The number of nitrogens with zero attached hydrogens (tertiary/aromatic N) is 1. The molecule has 1 unspecified atom stereocenters. The van der Waals surface area contributed by atoms with Crippen molar-refractivity contribution in [1.29, 1.82) is 0 Å². The Hall–Kier alpha value is -3.91. The van der Waals surface area contributed by atoms with Gasteiger partial charge in [-0.15, -0.1) is 0 Å². The van der Waals surface area contributed by atoms with E-state index < -0.39 is 17.9 Å². The fourth-order valence-corrected chi connectivity index (χ4v) is 5.70. The molecule has 1 saturated heterocycles. The van der Waals surface area contributed by atoms with Gasteiger partial charge in [-0.2, -0.15) is 0 Å². The third kappa shape index (κ3) is 5.97. The zero-order valence-corrected chi connectivity index (χ0v) is 22.0. The van der Waals surface area contributed by atoms with Crippen molar-refractivity contribution in [2.45, 2.75) is 57.9 Å². The molecule has 1 atom stereocenters. The number of rotatable bonds is 8. The Kier molecular flexibility index (Phi) is 8.32. The number of hydrogen-bond acceptors (Lipinski definition) is 5. The standard InChI is InChI=1S/C30H35N3O5/c1-18(33-14-12-22(13-15-33)21-8-5-4-6-9-21)16-25(34)32-24-11-7-10-23(17-24)28-26(29(35)36)19(2)31-20(3)27(28)30(37)38/h4-11,17-18,22,28,31H,12-16H2,1-3H3,(H,32,34)(H,35,36)(H,37,38). The van der Waals surface area contributed by atoms with Crippen molar-refractivity contribution in [3.8, 4) is 0 Å². The largest absolute Gasteiger partial charge is 0.478 e. The summed E-state index contributed by atoms with van der Waals surface area (Å²) in [7, 11) is 0. The number of anilines is 1. The second-order valence-corrected chi connectivity index (χ2v) is 10.2. The summed E-state index contributed by atoms with van der Waals surface area (Å²) in [5.41, 5.74) is 3.11. The molecule has 0 aromatic heterocycles. The average molecular weight is 518 g/mol. The number of allylic oxidation sites excluding steroid dienone is 2. The van der Waals surface area contributed by atoms with Crippen LogP contribution in [0.4, 0.5) is 5.69 Å². The number of aliphatic carboxylic acids is 2. The van der Waals surface area contributed by atoms with Gasteiger partial charge in [-0.05, 0) is 75.9 Å². The minimum Gasteiger partial charge on any atom is -0.478 e. The van der Waals surface area contributed by atoms with Crippen molar-refractivity contribution in [2.75, 3.05) is 18.4 Å². The van der Waals surface area contributed by atoms with E-state index in [9.17, 15) is 24.6 Å². The van der Waals surface area contributed by atoms with Crippen LogP contribution in [-0.4, -0.2) is 52.1 Å². The highest BCUT2D eigenvalue weighted by molar-refractivity contribution is 5.98. The summed E-state index contributed by atoms with van der Waals surface area (Å²) in [5.74, 6) is -2.93. The fraction of sp³-hybridized carbons (Fsp3) is 0.367. The van der Waals surface area contributed by atoms with Crippen molar-refractivity contribution >= 4 is 23.5 Å². The van der Waals surface area contributed by atoms with E-state index in [-0.39, 0.29) is 23.1 Å². The summed E-state index contributed by atoms with van der Waals surface area (Å²) in [6, 6.07) is 17.4. The Morgan fingerprint density at radius 2 is 1.50 bits per heavy atom. The fourth-order valence-electron chi connectivity index (χ4n) is 5.70. The van der Waals surface area contributed by atoms with Crippen LogP contribution < -0.4 is 10.6 Å². The quantitative estimate of drug-likeness (QED) is 0.401. The number of carbonyl (C=O) groups excluding carboxylic acids is 1. The van der Waals surface area contributed by atoms with Crippen LogP contribution in [0.1, 0.15) is 63.0 Å². The molecule has 4 rings (SSSR count). The first-order chi connectivity index (χ1) is 18.2. The molecular weight excluding hydrogens is 482 g/mol. The molecule has 1 fully saturated rings. The van der Waals surface area contributed by atoms with Crippen molar-refractivity contribution in [2.24, 2.45) is 0 Å². The maximum Gasteiger partial charge on any atom is 0.334 e. The lowest BCUT2D eigenvalue weighted by Gasteiger charge is -2.36. The van der Waals surface area contributed by atoms with Gasteiger partial charge in [0.15, 0.2) is 0 Å². The summed E-state index contributed by atoms with van der Waals surface area (Å²) >= 11 is 0. The van der Waals surface area contributed by atoms with Gasteiger partial charge in [-0.3, -0.25) is 4.79 Å². The van der Waals surface area contributed by atoms with Crippen LogP contribution in [0.5, 0.6) is 0 Å². The zero-order valence-electron chi connectivity index (χ0n) is 22.0. The number of hydrogen-bond donors (Lipinski definition) is 4. The number of benzene rings is 2. The molecule has 0 bridgehead atoms. The molecule has 2 heterocycles. The van der Waals surface area contributed by atoms with E-state index in [1.807, 2.05) is 6.07 Å². The maximum atomic E-state index is 12.9. The molecule has 2 aliphatic rings. The van der Waals surface area contributed by atoms with Gasteiger partial charge in [-0.1, -0.05) is 42.5 Å². The molecule has 8 nitrogen and oxygen atoms in total. The first-order valence-electron chi connectivity index (χ1n) is 13.0. The lowest BCUT2D eigenvalue weighted by atomic mass is 9.80. The molecule has 200 valence electrons. The number of dihydropyridines is 1. The highest BCUT2D eigenvalue weighted by Crippen LogP contribution is 2.39. The van der Waals surface area contributed by atoms with Gasteiger partial charge < -0.3 is 25.7 Å². The highest BCUT2D eigenvalue weighted by Gasteiger charge is 2.36. The van der Waals surface area contributed by atoms with E-state index in [4.69, 9.17) is 0 Å². The zero-order chi connectivity index (χ0) is 27.4. The predicted octanol–water partition coefficient (Wildman–Crippen LogP) is 4.69. The lowest BCUT2D eigenvalue weighted by molar-refractivity contribution is -0.133. The van der Waals surface area contributed by atoms with Gasteiger partial charge in [0.05, 0.1) is 17.1 Å². The van der Waals surface area contributed by atoms with Crippen LogP contribution in [0.3, 0.4) is 0 Å². The molecule has 1 amide bonds. The van der Waals surface area contributed by atoms with Crippen molar-refractivity contribution in [3.05, 3.63) is 88.3 Å². The Balaban J connectivity index is 1.43. The molecular formula is C30H35N3O5. The molecule has 2 aliphatic heterocycles. The first-order valence-corrected chi connectivity index (χ1v) is 13.0. The van der Waals surface area contributed by atoms with E-state index in [0.29, 0.717) is 35.0 Å². The van der Waals surface area contributed by atoms with Crippen molar-refractivity contribution < 1.29 is 24.6 Å². The molecule has 4 N–H and O–H groups in total. The van der Waals surface area contributed by atoms with E-state index >= 15 is 0 Å². The normalized spacial score (nSPS) is 18.2.